The quantitative estimate of drug-likeness (QED) is 0.581. The zero-order valence-electron chi connectivity index (χ0n) is 19.0. The monoisotopic (exact) mass is 463 g/mol. The van der Waals surface area contributed by atoms with Crippen molar-refractivity contribution in [3.63, 3.8) is 0 Å². The molecule has 2 heterocycles. The highest BCUT2D eigenvalue weighted by Crippen LogP contribution is 2.39. The van der Waals surface area contributed by atoms with Crippen molar-refractivity contribution in [2.24, 2.45) is 5.92 Å². The number of hydrogen-bond donors (Lipinski definition) is 1. The molecule has 7 nitrogen and oxygen atoms in total. The first kappa shape index (κ1) is 23.2. The summed E-state index contributed by atoms with van der Waals surface area (Å²) in [5.74, 6) is -0.424. The van der Waals surface area contributed by atoms with Crippen molar-refractivity contribution >= 4 is 11.8 Å². The molecule has 176 valence electrons. The number of halogens is 1. The Labute approximate surface area is 197 Å². The van der Waals surface area contributed by atoms with E-state index in [-0.39, 0.29) is 30.8 Å². The molecule has 0 saturated carbocycles. The fraction of sp³-hybridized carbons (Fsp3) is 0.269. The lowest BCUT2D eigenvalue weighted by Gasteiger charge is -2.21. The van der Waals surface area contributed by atoms with E-state index >= 15 is 0 Å². The normalized spacial score (nSPS) is 17.3. The number of amides is 2. The van der Waals surface area contributed by atoms with Crippen LogP contribution < -0.4 is 14.8 Å². The van der Waals surface area contributed by atoms with Crippen molar-refractivity contribution in [2.75, 3.05) is 27.3 Å². The van der Waals surface area contributed by atoms with E-state index < -0.39 is 11.7 Å². The summed E-state index contributed by atoms with van der Waals surface area (Å²) in [5, 5.41) is 2.95. The molecule has 2 atom stereocenters. The van der Waals surface area contributed by atoms with Gasteiger partial charge in [-0.3, -0.25) is 14.6 Å². The number of methoxy groups -OCH3 is 2. The second kappa shape index (κ2) is 10.3. The van der Waals surface area contributed by atoms with Crippen LogP contribution in [-0.4, -0.2) is 49.0 Å². The Morgan fingerprint density at radius 2 is 1.85 bits per heavy atom. The van der Waals surface area contributed by atoms with Crippen molar-refractivity contribution < 1.29 is 23.5 Å². The third-order valence-corrected chi connectivity index (χ3v) is 6.05. The SMILES string of the molecule is COc1ccc(C2CN(C(=O)c3ccc(F)cc3)CC2C(=O)NCc2ccccn2)c(OC)c1. The van der Waals surface area contributed by atoms with Crippen LogP contribution in [0, 0.1) is 11.7 Å². The zero-order valence-corrected chi connectivity index (χ0v) is 19.0. The average Bonchev–Trinajstić information content (AvgIpc) is 3.33. The Bertz CT molecular complexity index is 1150. The summed E-state index contributed by atoms with van der Waals surface area (Å²) >= 11 is 0. The first-order valence-electron chi connectivity index (χ1n) is 10.9. The Kier molecular flexibility index (Phi) is 7.06. The minimum absolute atomic E-state index is 0.178. The van der Waals surface area contributed by atoms with Gasteiger partial charge in [-0.15, -0.1) is 0 Å². The number of rotatable bonds is 7. The zero-order chi connectivity index (χ0) is 24.1. The molecule has 1 saturated heterocycles. The molecule has 2 amide bonds. The van der Waals surface area contributed by atoms with E-state index in [2.05, 4.69) is 10.3 Å². The molecular weight excluding hydrogens is 437 g/mol. The molecular formula is C26H26FN3O4. The Balaban J connectivity index is 1.61. The molecule has 1 aliphatic rings. The highest BCUT2D eigenvalue weighted by molar-refractivity contribution is 5.95. The summed E-state index contributed by atoms with van der Waals surface area (Å²) in [6.45, 7) is 0.833. The number of hydrogen-bond acceptors (Lipinski definition) is 5. The van der Waals surface area contributed by atoms with E-state index in [1.165, 1.54) is 24.3 Å². The van der Waals surface area contributed by atoms with Crippen LogP contribution in [0.25, 0.3) is 0 Å². The van der Waals surface area contributed by atoms with Crippen LogP contribution in [0.1, 0.15) is 27.5 Å². The number of carbonyl (C=O) groups excluding carboxylic acids is 2. The second-order valence-corrected chi connectivity index (χ2v) is 8.08. The minimum atomic E-state index is -0.504. The van der Waals surface area contributed by atoms with Gasteiger partial charge in [0.1, 0.15) is 17.3 Å². The molecule has 1 aliphatic heterocycles. The molecule has 4 rings (SSSR count). The van der Waals surface area contributed by atoms with Gasteiger partial charge in [-0.05, 0) is 42.5 Å². The lowest BCUT2D eigenvalue weighted by atomic mass is 9.87. The Hall–Kier alpha value is -3.94. The number of pyridine rings is 1. The third kappa shape index (κ3) is 5.01. The maximum absolute atomic E-state index is 13.3. The van der Waals surface area contributed by atoms with Gasteiger partial charge in [0, 0.05) is 42.4 Å². The third-order valence-electron chi connectivity index (χ3n) is 6.05. The van der Waals surface area contributed by atoms with Crippen molar-refractivity contribution in [3.8, 4) is 11.5 Å². The van der Waals surface area contributed by atoms with Gasteiger partial charge < -0.3 is 19.7 Å². The van der Waals surface area contributed by atoms with Gasteiger partial charge in [0.15, 0.2) is 0 Å². The molecule has 1 N–H and O–H groups in total. The van der Waals surface area contributed by atoms with Gasteiger partial charge in [0.05, 0.1) is 32.4 Å². The molecule has 0 bridgehead atoms. The van der Waals surface area contributed by atoms with Crippen LogP contribution in [0.15, 0.2) is 66.9 Å². The maximum atomic E-state index is 13.3. The van der Waals surface area contributed by atoms with Crippen LogP contribution in [0.5, 0.6) is 11.5 Å². The number of carbonyl (C=O) groups is 2. The smallest absolute Gasteiger partial charge is 0.253 e. The lowest BCUT2D eigenvalue weighted by Crippen LogP contribution is -2.35. The van der Waals surface area contributed by atoms with Crippen LogP contribution in [0.4, 0.5) is 4.39 Å². The van der Waals surface area contributed by atoms with Crippen LogP contribution >= 0.6 is 0 Å². The van der Waals surface area contributed by atoms with E-state index in [1.807, 2.05) is 30.3 Å². The summed E-state index contributed by atoms with van der Waals surface area (Å²) in [4.78, 5) is 32.3. The van der Waals surface area contributed by atoms with Gasteiger partial charge in [-0.2, -0.15) is 0 Å². The topological polar surface area (TPSA) is 80.8 Å². The highest BCUT2D eigenvalue weighted by atomic mass is 19.1. The summed E-state index contributed by atoms with van der Waals surface area (Å²) in [6.07, 6.45) is 1.67. The second-order valence-electron chi connectivity index (χ2n) is 8.08. The number of ether oxygens (including phenoxy) is 2. The number of nitrogens with zero attached hydrogens (tertiary/aromatic N) is 2. The fourth-order valence-corrected chi connectivity index (χ4v) is 4.26. The van der Waals surface area contributed by atoms with E-state index in [4.69, 9.17) is 9.47 Å². The molecule has 2 aromatic carbocycles. The summed E-state index contributed by atoms with van der Waals surface area (Å²) < 4.78 is 24.2. The fourth-order valence-electron chi connectivity index (χ4n) is 4.26. The first-order chi connectivity index (χ1) is 16.5. The number of benzene rings is 2. The summed E-state index contributed by atoms with van der Waals surface area (Å²) in [6, 6.07) is 16.4. The minimum Gasteiger partial charge on any atom is -0.497 e. The summed E-state index contributed by atoms with van der Waals surface area (Å²) in [5.41, 5.74) is 1.93. The lowest BCUT2D eigenvalue weighted by molar-refractivity contribution is -0.125. The van der Waals surface area contributed by atoms with Crippen LogP contribution in [-0.2, 0) is 11.3 Å². The van der Waals surface area contributed by atoms with Gasteiger partial charge in [-0.1, -0.05) is 12.1 Å². The van der Waals surface area contributed by atoms with Crippen LogP contribution in [0.3, 0.4) is 0 Å². The first-order valence-corrected chi connectivity index (χ1v) is 10.9. The average molecular weight is 464 g/mol. The molecule has 1 fully saturated rings. The molecule has 0 aliphatic carbocycles. The molecule has 8 heteroatoms. The standard InChI is InChI=1S/C26H26FN3O4/c1-33-20-10-11-21(24(13-20)34-2)22-15-30(26(32)17-6-8-18(27)9-7-17)16-23(22)25(31)29-14-19-5-3-4-12-28-19/h3-13,22-23H,14-16H2,1-2H3,(H,29,31). The molecule has 1 aromatic heterocycles. The molecule has 2 unspecified atom stereocenters. The largest absolute Gasteiger partial charge is 0.497 e. The van der Waals surface area contributed by atoms with Gasteiger partial charge >= 0.3 is 0 Å². The van der Waals surface area contributed by atoms with E-state index in [9.17, 15) is 14.0 Å². The number of likely N-dealkylation sites (tertiary alicyclic amines) is 1. The van der Waals surface area contributed by atoms with E-state index in [0.29, 0.717) is 23.6 Å². The summed E-state index contributed by atoms with van der Waals surface area (Å²) in [7, 11) is 3.13. The van der Waals surface area contributed by atoms with E-state index in [0.717, 1.165) is 11.3 Å². The van der Waals surface area contributed by atoms with Crippen molar-refractivity contribution in [1.82, 2.24) is 15.2 Å². The maximum Gasteiger partial charge on any atom is 0.253 e. The Morgan fingerprint density at radius 1 is 1.06 bits per heavy atom. The molecule has 34 heavy (non-hydrogen) atoms. The van der Waals surface area contributed by atoms with Crippen LogP contribution in [0.2, 0.25) is 0 Å². The van der Waals surface area contributed by atoms with Gasteiger partial charge in [-0.25, -0.2) is 4.39 Å². The van der Waals surface area contributed by atoms with Gasteiger partial charge in [0.25, 0.3) is 5.91 Å². The van der Waals surface area contributed by atoms with Crippen molar-refractivity contribution in [1.29, 1.82) is 0 Å². The predicted octanol–water partition coefficient (Wildman–Crippen LogP) is 3.41. The number of aromatic nitrogens is 1. The van der Waals surface area contributed by atoms with Crippen molar-refractivity contribution in [3.05, 3.63) is 89.5 Å². The molecule has 0 spiro atoms. The van der Waals surface area contributed by atoms with Crippen molar-refractivity contribution in [2.45, 2.75) is 12.5 Å². The van der Waals surface area contributed by atoms with Gasteiger partial charge in [0.2, 0.25) is 5.91 Å². The molecule has 3 aromatic rings. The predicted molar refractivity (Wildman–Crippen MR) is 124 cm³/mol. The number of nitrogens with one attached hydrogen (secondary N) is 1. The molecule has 0 radical (unpaired) electrons. The van der Waals surface area contributed by atoms with E-state index in [1.54, 1.807) is 31.4 Å². The Morgan fingerprint density at radius 3 is 2.53 bits per heavy atom. The highest BCUT2D eigenvalue weighted by Gasteiger charge is 2.41.